The molecule has 7 rings (SSSR count). The first-order valence-corrected chi connectivity index (χ1v) is 13.0. The molecule has 0 radical (unpaired) electrons. The number of hydrogen-bond acceptors (Lipinski definition) is 6. The number of hydrogen-bond donors (Lipinski definition) is 1. The summed E-state index contributed by atoms with van der Waals surface area (Å²) in [6, 6.07) is 11.6. The van der Waals surface area contributed by atoms with Gasteiger partial charge in [0.05, 0.1) is 22.5 Å². The Kier molecular flexibility index (Phi) is 4.13. The molecule has 1 N–H and O–H groups in total. The van der Waals surface area contributed by atoms with Crippen LogP contribution in [-0.4, -0.2) is 27.0 Å². The number of nitrogens with zero attached hydrogens (tertiary/aromatic N) is 2. The Labute approximate surface area is 198 Å². The highest BCUT2D eigenvalue weighted by Crippen LogP contribution is 2.68. The van der Waals surface area contributed by atoms with Crippen molar-refractivity contribution in [3.8, 4) is 0 Å². The summed E-state index contributed by atoms with van der Waals surface area (Å²) in [6.45, 7) is 2.00. The Morgan fingerprint density at radius 3 is 2.52 bits per heavy atom. The maximum absolute atomic E-state index is 13.7. The minimum absolute atomic E-state index is 0.0242. The van der Waals surface area contributed by atoms with Crippen molar-refractivity contribution in [3.05, 3.63) is 74.5 Å². The summed E-state index contributed by atoms with van der Waals surface area (Å²) in [5, 5.41) is 1.13. The lowest BCUT2D eigenvalue weighted by molar-refractivity contribution is -0.123. The normalized spacial score (nSPS) is 33.8. The van der Waals surface area contributed by atoms with E-state index < -0.39 is 0 Å². The molecule has 33 heavy (non-hydrogen) atoms. The number of nitrogens with one attached hydrogen (secondary N) is 1. The fourth-order valence-corrected chi connectivity index (χ4v) is 9.79. The third kappa shape index (κ3) is 2.62. The number of rotatable bonds is 2. The Hall–Kier alpha value is -2.71. The number of carbonyl (C=O) groups is 2. The van der Waals surface area contributed by atoms with Crippen molar-refractivity contribution in [2.24, 2.45) is 29.6 Å². The van der Waals surface area contributed by atoms with Crippen LogP contribution >= 0.6 is 23.1 Å². The number of fused-ring (bicyclic) bond motifs is 9. The summed E-state index contributed by atoms with van der Waals surface area (Å²) in [4.78, 5) is 49.3. The predicted molar refractivity (Wildman–Crippen MR) is 126 cm³/mol. The molecule has 4 aliphatic rings. The van der Waals surface area contributed by atoms with Crippen LogP contribution < -0.4 is 9.77 Å². The maximum atomic E-state index is 13.7. The molecule has 6 nitrogen and oxygen atoms in total. The molecule has 8 heteroatoms. The largest absolute Gasteiger partial charge is 0.307 e. The van der Waals surface area contributed by atoms with E-state index in [1.165, 1.54) is 16.2 Å². The first-order chi connectivity index (χ1) is 16.0. The zero-order chi connectivity index (χ0) is 22.4. The van der Waals surface area contributed by atoms with Gasteiger partial charge in [-0.05, 0) is 54.9 Å². The monoisotopic (exact) mass is 475 g/mol. The average molecular weight is 476 g/mol. The van der Waals surface area contributed by atoms with Crippen molar-refractivity contribution in [2.75, 3.05) is 4.90 Å². The molecule has 2 saturated carbocycles. The van der Waals surface area contributed by atoms with Crippen LogP contribution in [0.3, 0.4) is 0 Å². The first kappa shape index (κ1) is 19.7. The number of carbonyl (C=O) groups excluding carboxylic acids is 2. The van der Waals surface area contributed by atoms with Gasteiger partial charge in [-0.25, -0.2) is 0 Å². The maximum Gasteiger partial charge on any atom is 0.305 e. The van der Waals surface area contributed by atoms with Gasteiger partial charge in [0.2, 0.25) is 11.8 Å². The zero-order valence-corrected chi connectivity index (χ0v) is 19.4. The van der Waals surface area contributed by atoms with Crippen molar-refractivity contribution in [1.29, 1.82) is 0 Å². The second kappa shape index (κ2) is 6.90. The van der Waals surface area contributed by atoms with Gasteiger partial charge in [-0.3, -0.25) is 24.3 Å². The molecular weight excluding hydrogens is 454 g/mol. The van der Waals surface area contributed by atoms with Gasteiger partial charge >= 0.3 is 4.87 Å². The van der Waals surface area contributed by atoms with Gasteiger partial charge in [0.25, 0.3) is 0 Å². The number of aromatic nitrogens is 2. The van der Waals surface area contributed by atoms with Crippen molar-refractivity contribution < 1.29 is 9.59 Å². The molecule has 2 aliphatic carbocycles. The van der Waals surface area contributed by atoms with E-state index >= 15 is 0 Å². The number of benzene rings is 1. The van der Waals surface area contributed by atoms with Gasteiger partial charge in [-0.15, -0.1) is 11.8 Å². The van der Waals surface area contributed by atoms with E-state index in [0.29, 0.717) is 5.69 Å². The lowest BCUT2D eigenvalue weighted by atomic mass is 9.68. The van der Waals surface area contributed by atoms with Crippen molar-refractivity contribution >= 4 is 40.6 Å². The average Bonchev–Trinajstić information content (AvgIpc) is 3.54. The van der Waals surface area contributed by atoms with Gasteiger partial charge in [-0.1, -0.05) is 35.1 Å². The molecule has 3 aromatic rings. The highest BCUT2D eigenvalue weighted by Gasteiger charge is 2.69. The van der Waals surface area contributed by atoms with Crippen molar-refractivity contribution in [1.82, 2.24) is 9.97 Å². The Morgan fingerprint density at radius 2 is 1.79 bits per heavy atom. The lowest BCUT2D eigenvalue weighted by Crippen LogP contribution is -2.42. The van der Waals surface area contributed by atoms with E-state index in [9.17, 15) is 14.4 Å². The highest BCUT2D eigenvalue weighted by molar-refractivity contribution is 8.00. The second-order valence-corrected chi connectivity index (χ2v) is 11.8. The van der Waals surface area contributed by atoms with Crippen LogP contribution in [0.1, 0.15) is 28.3 Å². The van der Waals surface area contributed by atoms with Crippen LogP contribution in [0.25, 0.3) is 0 Å². The predicted octanol–water partition coefficient (Wildman–Crippen LogP) is 3.82. The topological polar surface area (TPSA) is 83.1 Å². The van der Waals surface area contributed by atoms with E-state index in [1.807, 2.05) is 43.5 Å². The summed E-state index contributed by atoms with van der Waals surface area (Å²) in [7, 11) is 0. The molecule has 3 fully saturated rings. The van der Waals surface area contributed by atoms with Crippen LogP contribution in [0.15, 0.2) is 58.6 Å². The molecule has 166 valence electrons. The molecule has 0 spiro atoms. The van der Waals surface area contributed by atoms with E-state index in [-0.39, 0.29) is 57.4 Å². The van der Waals surface area contributed by atoms with Gasteiger partial charge < -0.3 is 4.98 Å². The van der Waals surface area contributed by atoms with Gasteiger partial charge in [0.1, 0.15) is 0 Å². The molecule has 7 atom stereocenters. The fourth-order valence-electron chi connectivity index (χ4n) is 6.90. The summed E-state index contributed by atoms with van der Waals surface area (Å²) in [5.74, 6) is -0.153. The standard InChI is InChI=1S/C25H21N3O3S2/c1-11-4-6-13(7-5-11)28-23(29)18-14-9-15(19(18)24(28)30)20-17(14)16(12-3-2-8-26-10-12)21-22(32-20)27-25(31)33-21/h2-8,10,14-20H,9H2,1H3,(H,27,31)/t14-,15-,16+,17-,18+,19-,20+/m1/s1. The van der Waals surface area contributed by atoms with Crippen LogP contribution in [-0.2, 0) is 9.59 Å². The summed E-state index contributed by atoms with van der Waals surface area (Å²) in [5.41, 5.74) is 2.85. The number of imide groups is 1. The minimum atomic E-state index is -0.276. The van der Waals surface area contributed by atoms with Crippen LogP contribution in [0, 0.1) is 36.5 Å². The third-order valence-electron chi connectivity index (χ3n) is 8.06. The minimum Gasteiger partial charge on any atom is -0.307 e. The van der Waals surface area contributed by atoms with Gasteiger partial charge in [0, 0.05) is 28.4 Å². The molecule has 4 heterocycles. The van der Waals surface area contributed by atoms with E-state index in [4.69, 9.17) is 0 Å². The number of thiazole rings is 1. The van der Waals surface area contributed by atoms with Crippen LogP contribution in [0.4, 0.5) is 5.69 Å². The quantitative estimate of drug-likeness (QED) is 0.570. The van der Waals surface area contributed by atoms with Gasteiger partial charge in [0.15, 0.2) is 0 Å². The fraction of sp³-hybridized carbons (Fsp3) is 0.360. The zero-order valence-electron chi connectivity index (χ0n) is 17.8. The molecule has 2 aliphatic heterocycles. The number of aryl methyl sites for hydroxylation is 1. The molecule has 2 amide bonds. The number of pyridine rings is 1. The third-order valence-corrected chi connectivity index (χ3v) is 10.6. The van der Waals surface area contributed by atoms with Gasteiger partial charge in [-0.2, -0.15) is 0 Å². The lowest BCUT2D eigenvalue weighted by Gasteiger charge is -2.42. The smallest absolute Gasteiger partial charge is 0.305 e. The summed E-state index contributed by atoms with van der Waals surface area (Å²) < 4.78 is 0. The number of thioether (sulfide) groups is 1. The summed E-state index contributed by atoms with van der Waals surface area (Å²) >= 11 is 2.99. The van der Waals surface area contributed by atoms with E-state index in [1.54, 1.807) is 18.0 Å². The highest BCUT2D eigenvalue weighted by atomic mass is 32.2. The number of aromatic amines is 1. The first-order valence-electron chi connectivity index (χ1n) is 11.3. The number of amides is 2. The molecule has 0 unspecified atom stereocenters. The molecule has 1 aromatic carbocycles. The summed E-state index contributed by atoms with van der Waals surface area (Å²) in [6.07, 6.45) is 4.54. The van der Waals surface area contributed by atoms with E-state index in [0.717, 1.165) is 27.5 Å². The Bertz CT molecular complexity index is 1350. The van der Waals surface area contributed by atoms with Crippen LogP contribution in [0.2, 0.25) is 0 Å². The molecular formula is C25H21N3O3S2. The Morgan fingerprint density at radius 1 is 1.03 bits per heavy atom. The molecule has 2 bridgehead atoms. The van der Waals surface area contributed by atoms with Crippen LogP contribution in [0.5, 0.6) is 0 Å². The molecule has 2 aromatic heterocycles. The second-order valence-electron chi connectivity index (χ2n) is 9.59. The number of H-pyrrole nitrogens is 1. The van der Waals surface area contributed by atoms with Crippen molar-refractivity contribution in [2.45, 2.75) is 29.5 Å². The van der Waals surface area contributed by atoms with E-state index in [2.05, 4.69) is 16.0 Å². The molecule has 1 saturated heterocycles. The van der Waals surface area contributed by atoms with Crippen molar-refractivity contribution in [3.63, 3.8) is 0 Å². The number of anilines is 1. The Balaban J connectivity index is 1.33. The SMILES string of the molecule is Cc1ccc(N2C(=O)[C@@H]3[C@H]4C[C@@H]([C@@H]3C2=O)[C@@H]2[C@H](c3cccnc3)c3sc(=O)[nH]c3S[C@@H]42)cc1.